The normalized spacial score (nSPS) is 14.8. The Hall–Kier alpha value is -7.56. The van der Waals surface area contributed by atoms with Gasteiger partial charge in [-0.2, -0.15) is 0 Å². The molecule has 0 bridgehead atoms. The van der Waals surface area contributed by atoms with E-state index in [0.717, 1.165) is 22.7 Å². The smallest absolute Gasteiger partial charge is 0.151 e. The van der Waals surface area contributed by atoms with Crippen LogP contribution in [-0.2, 0) is 21.7 Å². The lowest BCUT2D eigenvalue weighted by molar-refractivity contribution is 0.550. The average molecular weight is 967 g/mol. The fraction of sp³-hybridized carbons (Fsp3) is 0.257. The molecule has 0 amide bonds. The van der Waals surface area contributed by atoms with Crippen LogP contribution in [0.25, 0.3) is 43.1 Å². The van der Waals surface area contributed by atoms with Gasteiger partial charge in [-0.25, -0.2) is 0 Å². The first-order valence-corrected chi connectivity index (χ1v) is 26.7. The van der Waals surface area contributed by atoms with Gasteiger partial charge in [-0.05, 0) is 160 Å². The predicted octanol–water partition coefficient (Wildman–Crippen LogP) is 19.4. The summed E-state index contributed by atoms with van der Waals surface area (Å²) in [5.41, 5.74) is 14.8. The van der Waals surface area contributed by atoms with Gasteiger partial charge in [0.1, 0.15) is 0 Å². The van der Waals surface area contributed by atoms with Crippen molar-refractivity contribution in [2.45, 2.75) is 117 Å². The summed E-state index contributed by atoms with van der Waals surface area (Å²) in [5, 5.41) is 9.89. The van der Waals surface area contributed by atoms with Gasteiger partial charge in [0.15, 0.2) is 12.3 Å². The lowest BCUT2D eigenvalue weighted by Crippen LogP contribution is -2.58. The molecule has 2 aliphatic heterocycles. The molecule has 12 rings (SSSR count). The van der Waals surface area contributed by atoms with Gasteiger partial charge in [-0.1, -0.05) is 204 Å². The first kappa shape index (κ1) is 47.4. The van der Waals surface area contributed by atoms with Crippen molar-refractivity contribution in [2.75, 3.05) is 19.6 Å². The summed E-state index contributed by atoms with van der Waals surface area (Å²) in [6.45, 7) is 27.6. The van der Waals surface area contributed by atoms with Crippen LogP contribution in [0.15, 0.2) is 194 Å². The third kappa shape index (κ3) is 8.15. The van der Waals surface area contributed by atoms with Crippen LogP contribution in [-0.4, -0.2) is 12.3 Å². The molecular formula is C70H70N4. The Labute approximate surface area is 439 Å². The van der Waals surface area contributed by atoms with E-state index in [1.54, 1.807) is 0 Å². The van der Waals surface area contributed by atoms with Crippen molar-refractivity contribution in [1.82, 2.24) is 0 Å². The molecule has 0 atom stereocenters. The average Bonchev–Trinajstić information content (AvgIpc) is 3.96. The zero-order valence-corrected chi connectivity index (χ0v) is 45.4. The van der Waals surface area contributed by atoms with Gasteiger partial charge >= 0.3 is 0 Å². The van der Waals surface area contributed by atoms with Gasteiger partial charge in [-0.3, -0.25) is 0 Å². The van der Waals surface area contributed by atoms with E-state index in [1.165, 1.54) is 88.1 Å². The van der Waals surface area contributed by atoms with Gasteiger partial charge in [0.2, 0.25) is 0 Å². The third-order valence-corrected chi connectivity index (χ3v) is 16.0. The lowest BCUT2D eigenvalue weighted by Gasteiger charge is -2.44. The summed E-state index contributed by atoms with van der Waals surface area (Å²) in [6, 6.07) is 74.8. The van der Waals surface area contributed by atoms with Crippen molar-refractivity contribution in [3.05, 3.63) is 216 Å². The molecule has 4 heteroatoms. The minimum atomic E-state index is -0.296. The summed E-state index contributed by atoms with van der Waals surface area (Å²) in [5.74, 6) is 0. The molecule has 0 fully saturated rings. The molecule has 0 N–H and O–H groups in total. The fourth-order valence-electron chi connectivity index (χ4n) is 11.6. The highest BCUT2D eigenvalue weighted by Gasteiger charge is 2.52. The van der Waals surface area contributed by atoms with Crippen LogP contribution in [0.5, 0.6) is 0 Å². The number of fused-ring (bicyclic) bond motifs is 6. The lowest BCUT2D eigenvalue weighted by atomic mass is 9.86. The van der Waals surface area contributed by atoms with Gasteiger partial charge in [-0.15, -0.1) is 0 Å². The first-order valence-electron chi connectivity index (χ1n) is 26.7. The highest BCUT2D eigenvalue weighted by atomic mass is 15.5. The van der Waals surface area contributed by atoms with E-state index in [1.807, 2.05) is 0 Å². The van der Waals surface area contributed by atoms with E-state index in [4.69, 9.17) is 0 Å². The third-order valence-electron chi connectivity index (χ3n) is 16.0. The number of para-hydroxylation sites is 4. The molecule has 0 saturated carbocycles. The minimum Gasteiger partial charge on any atom is -0.314 e. The SMILES string of the molecule is CC(C)(C)c1ccc2cc(N3c4ccccc4N(c4ccc5cc(C(C)(C)C)ccc5c4)C3C3N(c4ccc5cc(C(C)(C)C)ccc5c4)c4ccccc4N3c3ccc4cc(C(C)(C)C)ccc4c3)ccc2c1. The van der Waals surface area contributed by atoms with Gasteiger partial charge < -0.3 is 19.6 Å². The molecule has 0 unspecified atom stereocenters. The van der Waals surface area contributed by atoms with Crippen molar-refractivity contribution in [1.29, 1.82) is 0 Å². The molecule has 2 heterocycles. The molecule has 0 aromatic heterocycles. The quantitative estimate of drug-likeness (QED) is 0.170. The maximum atomic E-state index is 2.64. The monoisotopic (exact) mass is 967 g/mol. The van der Waals surface area contributed by atoms with Crippen LogP contribution in [0.2, 0.25) is 0 Å². The largest absolute Gasteiger partial charge is 0.314 e. The van der Waals surface area contributed by atoms with Crippen molar-refractivity contribution in [3.63, 3.8) is 0 Å². The van der Waals surface area contributed by atoms with Gasteiger partial charge in [0.25, 0.3) is 0 Å². The molecule has 0 spiro atoms. The van der Waals surface area contributed by atoms with E-state index in [2.05, 4.69) is 297 Å². The van der Waals surface area contributed by atoms with E-state index < -0.39 is 0 Å². The van der Waals surface area contributed by atoms with Crippen molar-refractivity contribution >= 4 is 88.6 Å². The second-order valence-corrected chi connectivity index (χ2v) is 25.3. The number of hydrogen-bond acceptors (Lipinski definition) is 4. The molecular weight excluding hydrogens is 897 g/mol. The molecule has 74 heavy (non-hydrogen) atoms. The second-order valence-electron chi connectivity index (χ2n) is 25.3. The molecule has 10 aromatic rings. The molecule has 0 radical (unpaired) electrons. The van der Waals surface area contributed by atoms with Crippen molar-refractivity contribution in [3.8, 4) is 0 Å². The Balaban J connectivity index is 1.13. The molecule has 4 nitrogen and oxygen atoms in total. The maximum Gasteiger partial charge on any atom is 0.151 e. The Bertz CT molecular complexity index is 3330. The van der Waals surface area contributed by atoms with E-state index in [0.29, 0.717) is 0 Å². The molecule has 0 aliphatic carbocycles. The van der Waals surface area contributed by atoms with Crippen LogP contribution in [0.4, 0.5) is 45.5 Å². The molecule has 2 aliphatic rings. The Morgan fingerprint density at radius 1 is 0.230 bits per heavy atom. The predicted molar refractivity (Wildman–Crippen MR) is 320 cm³/mol. The number of hydrogen-bond donors (Lipinski definition) is 0. The van der Waals surface area contributed by atoms with Crippen LogP contribution in [0.1, 0.15) is 105 Å². The molecule has 0 saturated heterocycles. The van der Waals surface area contributed by atoms with Gasteiger partial charge in [0.05, 0.1) is 22.7 Å². The highest BCUT2D eigenvalue weighted by molar-refractivity contribution is 6.00. The molecule has 10 aromatic carbocycles. The maximum absolute atomic E-state index is 2.64. The minimum absolute atomic E-state index is 0.0419. The van der Waals surface area contributed by atoms with E-state index in [-0.39, 0.29) is 34.0 Å². The summed E-state index contributed by atoms with van der Waals surface area (Å²) in [7, 11) is 0. The number of rotatable bonds is 5. The highest BCUT2D eigenvalue weighted by Crippen LogP contribution is 2.57. The molecule has 370 valence electrons. The number of benzene rings is 10. The van der Waals surface area contributed by atoms with Crippen LogP contribution in [0, 0.1) is 0 Å². The number of nitrogens with zero attached hydrogens (tertiary/aromatic N) is 4. The summed E-state index contributed by atoms with van der Waals surface area (Å²) in [4.78, 5) is 10.6. The number of anilines is 8. The van der Waals surface area contributed by atoms with Crippen LogP contribution >= 0.6 is 0 Å². The van der Waals surface area contributed by atoms with Gasteiger partial charge in [0, 0.05) is 22.7 Å². The topological polar surface area (TPSA) is 13.0 Å². The van der Waals surface area contributed by atoms with Crippen molar-refractivity contribution < 1.29 is 0 Å². The van der Waals surface area contributed by atoms with Crippen LogP contribution < -0.4 is 19.6 Å². The zero-order valence-electron chi connectivity index (χ0n) is 45.4. The Kier molecular flexibility index (Phi) is 10.9. The Morgan fingerprint density at radius 3 is 0.622 bits per heavy atom. The second kappa shape index (κ2) is 17.0. The van der Waals surface area contributed by atoms with E-state index in [9.17, 15) is 0 Å². The fourth-order valence-corrected chi connectivity index (χ4v) is 11.6. The summed E-state index contributed by atoms with van der Waals surface area (Å²) >= 11 is 0. The van der Waals surface area contributed by atoms with Crippen molar-refractivity contribution in [2.24, 2.45) is 0 Å². The summed E-state index contributed by atoms with van der Waals surface area (Å²) in [6.07, 6.45) is -0.592. The standard InChI is InChI=1S/C70H70N4/c1-67(2,3)53-29-21-49-41-57(33-25-45(49)37-53)71-61-17-13-14-18-62(61)72(58-34-26-46-38-54(68(4,5)6)30-22-50(46)42-58)65(71)66-73(59-35-27-47-39-55(69(7,8)9)31-23-51(47)43-59)63-19-15-16-20-64(63)74(66)60-36-28-48-40-56(70(10,11)12)32-24-52(48)44-60/h13-44,65-66H,1-12H3. The summed E-state index contributed by atoms with van der Waals surface area (Å²) < 4.78 is 0. The Morgan fingerprint density at radius 2 is 0.419 bits per heavy atom. The first-order chi connectivity index (χ1) is 35.2. The zero-order chi connectivity index (χ0) is 51.6. The van der Waals surface area contributed by atoms with Crippen LogP contribution in [0.3, 0.4) is 0 Å². The van der Waals surface area contributed by atoms with E-state index >= 15 is 0 Å².